The van der Waals surface area contributed by atoms with Crippen molar-refractivity contribution in [3.05, 3.63) is 66.2 Å². The number of hydrogen-bond donors (Lipinski definition) is 0. The van der Waals surface area contributed by atoms with Gasteiger partial charge in [-0.25, -0.2) is 4.98 Å². The molecule has 0 bridgehead atoms. The summed E-state index contributed by atoms with van der Waals surface area (Å²) >= 11 is 0. The second kappa shape index (κ2) is 7.04. The highest BCUT2D eigenvalue weighted by Crippen LogP contribution is 2.21. The van der Waals surface area contributed by atoms with Gasteiger partial charge in [0.15, 0.2) is 6.61 Å². The van der Waals surface area contributed by atoms with Gasteiger partial charge in [0.1, 0.15) is 11.9 Å². The van der Waals surface area contributed by atoms with E-state index in [-0.39, 0.29) is 18.6 Å². The predicted octanol–water partition coefficient (Wildman–Crippen LogP) is 3.21. The Hall–Kier alpha value is -3.08. The fourth-order valence-corrected chi connectivity index (χ4v) is 2.95. The zero-order valence-electron chi connectivity index (χ0n) is 14.6. The first-order chi connectivity index (χ1) is 12.7. The molecule has 0 N–H and O–H groups in total. The van der Waals surface area contributed by atoms with Crippen LogP contribution < -0.4 is 9.47 Å². The van der Waals surface area contributed by atoms with Crippen molar-refractivity contribution in [3.63, 3.8) is 0 Å². The molecule has 1 amide bonds. The molecule has 26 heavy (non-hydrogen) atoms. The Balaban J connectivity index is 1.28. The zero-order valence-corrected chi connectivity index (χ0v) is 14.6. The van der Waals surface area contributed by atoms with Crippen molar-refractivity contribution in [3.8, 4) is 11.6 Å². The van der Waals surface area contributed by atoms with Gasteiger partial charge in [0.05, 0.1) is 18.6 Å². The Bertz CT molecular complexity index is 935. The van der Waals surface area contributed by atoms with Gasteiger partial charge >= 0.3 is 0 Å². The van der Waals surface area contributed by atoms with E-state index >= 15 is 0 Å². The molecule has 0 spiro atoms. The van der Waals surface area contributed by atoms with Crippen LogP contribution in [0.3, 0.4) is 0 Å². The zero-order chi connectivity index (χ0) is 17.9. The standard InChI is InChI=1S/C21H20N2O3/c1-15-6-2-5-9-19(15)25-14-21(24)23-12-17(13-23)26-20-11-10-16-7-3-4-8-18(16)22-20/h2-11,17H,12-14H2,1H3. The molecule has 4 rings (SSSR count). The lowest BCUT2D eigenvalue weighted by Gasteiger charge is -2.38. The van der Waals surface area contributed by atoms with Crippen LogP contribution in [0.5, 0.6) is 11.6 Å². The minimum atomic E-state index is -0.0282. The number of aryl methyl sites for hydroxylation is 1. The molecule has 0 radical (unpaired) electrons. The summed E-state index contributed by atoms with van der Waals surface area (Å²) in [6.45, 7) is 3.13. The number of fused-ring (bicyclic) bond motifs is 1. The molecule has 5 nitrogen and oxygen atoms in total. The molecule has 2 heterocycles. The van der Waals surface area contributed by atoms with Gasteiger partial charge in [-0.2, -0.15) is 0 Å². The van der Waals surface area contributed by atoms with E-state index in [1.54, 1.807) is 4.90 Å². The second-order valence-electron chi connectivity index (χ2n) is 6.43. The molecule has 3 aromatic rings. The highest BCUT2D eigenvalue weighted by atomic mass is 16.5. The minimum Gasteiger partial charge on any atom is -0.484 e. The summed E-state index contributed by atoms with van der Waals surface area (Å²) in [6.07, 6.45) is -0.0222. The van der Waals surface area contributed by atoms with Gasteiger partial charge in [0.2, 0.25) is 5.88 Å². The van der Waals surface area contributed by atoms with Crippen LogP contribution in [0.15, 0.2) is 60.7 Å². The topological polar surface area (TPSA) is 51.7 Å². The molecule has 0 saturated carbocycles. The summed E-state index contributed by atoms with van der Waals surface area (Å²) in [5.74, 6) is 1.31. The van der Waals surface area contributed by atoms with Gasteiger partial charge < -0.3 is 14.4 Å². The lowest BCUT2D eigenvalue weighted by molar-refractivity contribution is -0.142. The van der Waals surface area contributed by atoms with Crippen LogP contribution in [0.1, 0.15) is 5.56 Å². The summed E-state index contributed by atoms with van der Waals surface area (Å²) in [5, 5.41) is 1.08. The Labute approximate surface area is 152 Å². The number of para-hydroxylation sites is 2. The average Bonchev–Trinajstić information content (AvgIpc) is 2.63. The number of pyridine rings is 1. The number of rotatable bonds is 5. The smallest absolute Gasteiger partial charge is 0.260 e. The van der Waals surface area contributed by atoms with Crippen molar-refractivity contribution in [1.29, 1.82) is 0 Å². The third-order valence-corrected chi connectivity index (χ3v) is 4.51. The largest absolute Gasteiger partial charge is 0.484 e. The van der Waals surface area contributed by atoms with E-state index in [1.165, 1.54) is 0 Å². The number of hydrogen-bond acceptors (Lipinski definition) is 4. The molecule has 1 aromatic heterocycles. The lowest BCUT2D eigenvalue weighted by atomic mass is 10.1. The van der Waals surface area contributed by atoms with Gasteiger partial charge in [-0.1, -0.05) is 36.4 Å². The average molecular weight is 348 g/mol. The van der Waals surface area contributed by atoms with Gasteiger partial charge in [-0.05, 0) is 30.7 Å². The van der Waals surface area contributed by atoms with Gasteiger partial charge in [-0.3, -0.25) is 4.79 Å². The van der Waals surface area contributed by atoms with E-state index in [0.717, 1.165) is 22.2 Å². The number of aromatic nitrogens is 1. The Kier molecular flexibility index (Phi) is 4.44. The summed E-state index contributed by atoms with van der Waals surface area (Å²) in [7, 11) is 0. The van der Waals surface area contributed by atoms with E-state index in [2.05, 4.69) is 4.98 Å². The summed E-state index contributed by atoms with van der Waals surface area (Å²) < 4.78 is 11.5. The second-order valence-corrected chi connectivity index (χ2v) is 6.43. The maximum Gasteiger partial charge on any atom is 0.260 e. The van der Waals surface area contributed by atoms with Gasteiger partial charge in [0.25, 0.3) is 5.91 Å². The molecule has 0 atom stereocenters. The fourth-order valence-electron chi connectivity index (χ4n) is 2.95. The normalized spacial score (nSPS) is 14.1. The number of nitrogens with zero attached hydrogens (tertiary/aromatic N) is 2. The first kappa shape index (κ1) is 16.4. The maximum absolute atomic E-state index is 12.2. The van der Waals surface area contributed by atoms with Crippen molar-refractivity contribution >= 4 is 16.8 Å². The molecule has 1 fully saturated rings. The van der Waals surface area contributed by atoms with Gasteiger partial charge in [0, 0.05) is 11.5 Å². The van der Waals surface area contributed by atoms with Crippen LogP contribution in [-0.2, 0) is 4.79 Å². The SMILES string of the molecule is Cc1ccccc1OCC(=O)N1CC(Oc2ccc3ccccc3n2)C1. The van der Waals surface area contributed by atoms with Gasteiger partial charge in [-0.15, -0.1) is 0 Å². The van der Waals surface area contributed by atoms with Crippen LogP contribution in [0.4, 0.5) is 0 Å². The number of benzene rings is 2. The Morgan fingerprint density at radius 3 is 2.69 bits per heavy atom. The van der Waals surface area contributed by atoms with E-state index in [0.29, 0.717) is 19.0 Å². The minimum absolute atomic E-state index is 0.0222. The number of ether oxygens (including phenoxy) is 2. The molecule has 0 unspecified atom stereocenters. The highest BCUT2D eigenvalue weighted by molar-refractivity contribution is 5.79. The van der Waals surface area contributed by atoms with Crippen molar-refractivity contribution in [2.75, 3.05) is 19.7 Å². The number of carbonyl (C=O) groups is 1. The summed E-state index contributed by atoms with van der Waals surface area (Å²) in [6, 6.07) is 19.5. The van der Waals surface area contributed by atoms with Crippen LogP contribution >= 0.6 is 0 Å². The van der Waals surface area contributed by atoms with Crippen LogP contribution in [0.25, 0.3) is 10.9 Å². The Morgan fingerprint density at radius 1 is 1.08 bits per heavy atom. The first-order valence-electron chi connectivity index (χ1n) is 8.68. The number of likely N-dealkylation sites (tertiary alicyclic amines) is 1. The highest BCUT2D eigenvalue weighted by Gasteiger charge is 2.32. The first-order valence-corrected chi connectivity index (χ1v) is 8.68. The van der Waals surface area contributed by atoms with Crippen LogP contribution in [0, 0.1) is 6.92 Å². The van der Waals surface area contributed by atoms with E-state index < -0.39 is 0 Å². The lowest BCUT2D eigenvalue weighted by Crippen LogP contribution is -2.57. The van der Waals surface area contributed by atoms with E-state index in [9.17, 15) is 4.79 Å². The fraction of sp³-hybridized carbons (Fsp3) is 0.238. The molecular formula is C21H20N2O3. The number of amides is 1. The molecule has 5 heteroatoms. The Morgan fingerprint density at radius 2 is 1.85 bits per heavy atom. The maximum atomic E-state index is 12.2. The summed E-state index contributed by atoms with van der Waals surface area (Å²) in [5.41, 5.74) is 1.93. The third-order valence-electron chi connectivity index (χ3n) is 4.51. The van der Waals surface area contributed by atoms with E-state index in [1.807, 2.05) is 67.6 Å². The number of carbonyl (C=O) groups excluding carboxylic acids is 1. The quantitative estimate of drug-likeness (QED) is 0.710. The van der Waals surface area contributed by atoms with Crippen molar-refractivity contribution in [2.24, 2.45) is 0 Å². The molecule has 1 aliphatic rings. The molecule has 132 valence electrons. The monoisotopic (exact) mass is 348 g/mol. The van der Waals surface area contributed by atoms with Crippen LogP contribution in [-0.4, -0.2) is 41.6 Å². The van der Waals surface area contributed by atoms with Crippen LogP contribution in [0.2, 0.25) is 0 Å². The molecular weight excluding hydrogens is 328 g/mol. The van der Waals surface area contributed by atoms with Crippen molar-refractivity contribution in [1.82, 2.24) is 9.88 Å². The third kappa shape index (κ3) is 3.47. The summed E-state index contributed by atoms with van der Waals surface area (Å²) in [4.78, 5) is 18.5. The van der Waals surface area contributed by atoms with Crippen molar-refractivity contribution in [2.45, 2.75) is 13.0 Å². The molecule has 2 aromatic carbocycles. The molecule has 1 saturated heterocycles. The van der Waals surface area contributed by atoms with Crippen molar-refractivity contribution < 1.29 is 14.3 Å². The van der Waals surface area contributed by atoms with E-state index in [4.69, 9.17) is 9.47 Å². The molecule has 1 aliphatic heterocycles. The predicted molar refractivity (Wildman–Crippen MR) is 99.4 cm³/mol. The molecule has 0 aliphatic carbocycles.